The van der Waals surface area contributed by atoms with E-state index in [0.29, 0.717) is 12.7 Å². The van der Waals surface area contributed by atoms with Crippen LogP contribution in [0.1, 0.15) is 56.6 Å². The minimum atomic E-state index is 0.331. The lowest BCUT2D eigenvalue weighted by Gasteiger charge is -2.10. The normalized spacial score (nSPS) is 17.1. The first-order valence-electron chi connectivity index (χ1n) is 7.12. The average Bonchev–Trinajstić information content (AvgIpc) is 3.09. The van der Waals surface area contributed by atoms with Gasteiger partial charge in [0.25, 0.3) is 0 Å². The third-order valence-electron chi connectivity index (χ3n) is 3.43. The Hall–Kier alpha value is -0.800. The Kier molecular flexibility index (Phi) is 4.84. The maximum absolute atomic E-state index is 5.82. The molecule has 1 saturated carbocycles. The Morgan fingerprint density at radius 1 is 1.50 bits per heavy atom. The van der Waals surface area contributed by atoms with Crippen LogP contribution in [0.25, 0.3) is 0 Å². The van der Waals surface area contributed by atoms with E-state index in [1.807, 2.05) is 6.92 Å². The van der Waals surface area contributed by atoms with Crippen molar-refractivity contribution < 1.29 is 9.15 Å². The summed E-state index contributed by atoms with van der Waals surface area (Å²) in [6.45, 7) is 7.85. The van der Waals surface area contributed by atoms with Gasteiger partial charge in [0.05, 0.1) is 19.3 Å². The second kappa shape index (κ2) is 6.39. The lowest BCUT2D eigenvalue weighted by molar-refractivity contribution is 0.0465. The molecule has 0 aromatic carbocycles. The zero-order chi connectivity index (χ0) is 13.0. The summed E-state index contributed by atoms with van der Waals surface area (Å²) in [6.07, 6.45) is 5.24. The first kappa shape index (κ1) is 13.6. The van der Waals surface area contributed by atoms with Crippen LogP contribution in [0.2, 0.25) is 0 Å². The molecule has 1 atom stereocenters. The fourth-order valence-corrected chi connectivity index (χ4v) is 2.07. The van der Waals surface area contributed by atoms with Crippen LogP contribution < -0.4 is 5.32 Å². The molecule has 1 fully saturated rings. The van der Waals surface area contributed by atoms with Crippen molar-refractivity contribution in [3.05, 3.63) is 23.2 Å². The predicted octanol–water partition coefficient (Wildman–Crippen LogP) is 3.55. The van der Waals surface area contributed by atoms with Gasteiger partial charge in [-0.1, -0.05) is 13.3 Å². The molecule has 0 saturated heterocycles. The first-order valence-corrected chi connectivity index (χ1v) is 7.12. The number of hydrogen-bond donors (Lipinski definition) is 1. The van der Waals surface area contributed by atoms with Gasteiger partial charge in [-0.2, -0.15) is 0 Å². The monoisotopic (exact) mass is 251 g/mol. The van der Waals surface area contributed by atoms with Gasteiger partial charge >= 0.3 is 0 Å². The molecule has 1 unspecified atom stereocenters. The highest BCUT2D eigenvalue weighted by atomic mass is 16.5. The quantitative estimate of drug-likeness (QED) is 0.767. The van der Waals surface area contributed by atoms with E-state index in [1.54, 1.807) is 0 Å². The lowest BCUT2D eigenvalue weighted by atomic mass is 10.2. The Morgan fingerprint density at radius 3 is 2.94 bits per heavy atom. The van der Waals surface area contributed by atoms with Crippen molar-refractivity contribution in [2.45, 2.75) is 71.8 Å². The third kappa shape index (κ3) is 4.14. The van der Waals surface area contributed by atoms with Crippen molar-refractivity contribution in [3.8, 4) is 0 Å². The lowest BCUT2D eigenvalue weighted by Crippen LogP contribution is -2.14. The van der Waals surface area contributed by atoms with Crippen LogP contribution >= 0.6 is 0 Å². The van der Waals surface area contributed by atoms with Crippen LogP contribution in [-0.2, 0) is 17.9 Å². The molecule has 1 aliphatic carbocycles. The molecule has 2 rings (SSSR count). The maximum atomic E-state index is 5.82. The van der Waals surface area contributed by atoms with E-state index < -0.39 is 0 Å². The highest BCUT2D eigenvalue weighted by Gasteiger charge is 2.20. The molecular weight excluding hydrogens is 226 g/mol. The highest BCUT2D eigenvalue weighted by Crippen LogP contribution is 2.21. The van der Waals surface area contributed by atoms with Crippen molar-refractivity contribution in [1.29, 1.82) is 0 Å². The third-order valence-corrected chi connectivity index (χ3v) is 3.43. The standard InChI is InChI=1S/C15H25NO2/c1-4-5-11(2)17-10-13-8-15(18-12(13)3)9-16-14-6-7-14/h8,11,14,16H,4-7,9-10H2,1-3H3. The SMILES string of the molecule is CCCC(C)OCc1cc(CNC2CC2)oc1C. The Balaban J connectivity index is 1.79. The zero-order valence-electron chi connectivity index (χ0n) is 11.8. The van der Waals surface area contributed by atoms with E-state index in [2.05, 4.69) is 25.2 Å². The van der Waals surface area contributed by atoms with Crippen molar-refractivity contribution in [1.82, 2.24) is 5.32 Å². The van der Waals surface area contributed by atoms with E-state index in [9.17, 15) is 0 Å². The topological polar surface area (TPSA) is 34.4 Å². The minimum absolute atomic E-state index is 0.331. The number of ether oxygens (including phenoxy) is 1. The summed E-state index contributed by atoms with van der Waals surface area (Å²) in [5, 5.41) is 3.46. The Bertz CT molecular complexity index is 369. The molecule has 1 aromatic heterocycles. The molecule has 0 radical (unpaired) electrons. The molecule has 0 amide bonds. The number of aryl methyl sites for hydroxylation is 1. The van der Waals surface area contributed by atoms with Crippen molar-refractivity contribution in [2.24, 2.45) is 0 Å². The van der Waals surface area contributed by atoms with Gasteiger partial charge in [-0.15, -0.1) is 0 Å². The highest BCUT2D eigenvalue weighted by molar-refractivity contribution is 5.20. The van der Waals surface area contributed by atoms with Gasteiger partial charge in [-0.05, 0) is 39.2 Å². The summed E-state index contributed by atoms with van der Waals surface area (Å²) in [6, 6.07) is 2.85. The Morgan fingerprint density at radius 2 is 2.28 bits per heavy atom. The second-order valence-corrected chi connectivity index (χ2v) is 5.36. The van der Waals surface area contributed by atoms with Gasteiger partial charge in [0, 0.05) is 11.6 Å². The molecule has 0 aliphatic heterocycles. The number of nitrogens with one attached hydrogen (secondary N) is 1. The van der Waals surface area contributed by atoms with Gasteiger partial charge in [0.2, 0.25) is 0 Å². The van der Waals surface area contributed by atoms with Crippen LogP contribution in [0.5, 0.6) is 0 Å². The molecule has 3 heteroatoms. The number of furan rings is 1. The van der Waals surface area contributed by atoms with Gasteiger partial charge < -0.3 is 14.5 Å². The average molecular weight is 251 g/mol. The summed E-state index contributed by atoms with van der Waals surface area (Å²) >= 11 is 0. The molecular formula is C15H25NO2. The number of rotatable bonds is 8. The van der Waals surface area contributed by atoms with Crippen molar-refractivity contribution in [2.75, 3.05) is 0 Å². The summed E-state index contributed by atoms with van der Waals surface area (Å²) < 4.78 is 11.6. The molecule has 0 bridgehead atoms. The van der Waals surface area contributed by atoms with Crippen LogP contribution in [0.3, 0.4) is 0 Å². The largest absolute Gasteiger partial charge is 0.465 e. The van der Waals surface area contributed by atoms with E-state index >= 15 is 0 Å². The molecule has 18 heavy (non-hydrogen) atoms. The molecule has 1 aliphatic rings. The smallest absolute Gasteiger partial charge is 0.118 e. The minimum Gasteiger partial charge on any atom is -0.465 e. The van der Waals surface area contributed by atoms with Gasteiger partial charge in [0.15, 0.2) is 0 Å². The number of hydrogen-bond acceptors (Lipinski definition) is 3. The molecule has 1 aromatic rings. The predicted molar refractivity (Wildman–Crippen MR) is 72.5 cm³/mol. The molecule has 1 N–H and O–H groups in total. The van der Waals surface area contributed by atoms with E-state index in [1.165, 1.54) is 24.8 Å². The van der Waals surface area contributed by atoms with Crippen LogP contribution in [0, 0.1) is 6.92 Å². The van der Waals surface area contributed by atoms with Crippen LogP contribution in [0.15, 0.2) is 10.5 Å². The summed E-state index contributed by atoms with van der Waals surface area (Å²) in [7, 11) is 0. The Labute approximate surface area is 110 Å². The molecule has 3 nitrogen and oxygen atoms in total. The van der Waals surface area contributed by atoms with E-state index in [-0.39, 0.29) is 0 Å². The molecule has 0 spiro atoms. The van der Waals surface area contributed by atoms with E-state index in [4.69, 9.17) is 9.15 Å². The van der Waals surface area contributed by atoms with Crippen molar-refractivity contribution >= 4 is 0 Å². The first-order chi connectivity index (χ1) is 8.69. The second-order valence-electron chi connectivity index (χ2n) is 5.36. The van der Waals surface area contributed by atoms with E-state index in [0.717, 1.165) is 30.5 Å². The summed E-state index contributed by atoms with van der Waals surface area (Å²) in [5.41, 5.74) is 1.19. The van der Waals surface area contributed by atoms with Gasteiger partial charge in [-0.25, -0.2) is 0 Å². The molecule has 1 heterocycles. The van der Waals surface area contributed by atoms with Crippen molar-refractivity contribution in [3.63, 3.8) is 0 Å². The maximum Gasteiger partial charge on any atom is 0.118 e. The van der Waals surface area contributed by atoms with Gasteiger partial charge in [0.1, 0.15) is 11.5 Å². The summed E-state index contributed by atoms with van der Waals surface area (Å²) in [4.78, 5) is 0. The fourth-order valence-electron chi connectivity index (χ4n) is 2.07. The van der Waals surface area contributed by atoms with Crippen LogP contribution in [-0.4, -0.2) is 12.1 Å². The summed E-state index contributed by atoms with van der Waals surface area (Å²) in [5.74, 6) is 2.02. The fraction of sp³-hybridized carbons (Fsp3) is 0.733. The zero-order valence-corrected chi connectivity index (χ0v) is 11.8. The van der Waals surface area contributed by atoms with Crippen LogP contribution in [0.4, 0.5) is 0 Å². The van der Waals surface area contributed by atoms with Gasteiger partial charge in [-0.3, -0.25) is 0 Å². The molecule has 102 valence electrons.